The van der Waals surface area contributed by atoms with Crippen LogP contribution in [0.5, 0.6) is 0 Å². The minimum Gasteiger partial charge on any atom is -0.326 e. The van der Waals surface area contributed by atoms with Crippen molar-refractivity contribution in [3.05, 3.63) is 64.5 Å². The number of hydrogen-bond donors (Lipinski definition) is 1. The number of aryl methyl sites for hydroxylation is 3. The third-order valence-corrected chi connectivity index (χ3v) is 3.40. The number of hydrogen-bond acceptors (Lipinski definition) is 1. The molecule has 0 fully saturated rings. The number of carbonyl (C=O) groups is 1. The van der Waals surface area contributed by atoms with Gasteiger partial charge in [-0.1, -0.05) is 18.2 Å². The lowest BCUT2D eigenvalue weighted by atomic mass is 10.0. The highest BCUT2D eigenvalue weighted by atomic mass is 19.1. The molecule has 2 aromatic rings. The van der Waals surface area contributed by atoms with Crippen LogP contribution in [0.2, 0.25) is 0 Å². The van der Waals surface area contributed by atoms with E-state index in [1.54, 1.807) is 13.0 Å². The molecule has 3 heteroatoms. The van der Waals surface area contributed by atoms with E-state index in [9.17, 15) is 9.18 Å². The summed E-state index contributed by atoms with van der Waals surface area (Å²) in [5.41, 5.74) is 4.74. The summed E-state index contributed by atoms with van der Waals surface area (Å²) in [6, 6.07) is 10.3. The molecule has 0 heterocycles. The first-order valence-electron chi connectivity index (χ1n) is 6.58. The molecule has 2 aromatic carbocycles. The van der Waals surface area contributed by atoms with Crippen molar-refractivity contribution in [2.75, 3.05) is 5.32 Å². The minimum atomic E-state index is -0.297. The van der Waals surface area contributed by atoms with Crippen molar-refractivity contribution in [2.45, 2.75) is 27.2 Å². The number of rotatable bonds is 3. The molecule has 0 atom stereocenters. The summed E-state index contributed by atoms with van der Waals surface area (Å²) in [7, 11) is 0. The van der Waals surface area contributed by atoms with Crippen molar-refractivity contribution in [3.8, 4) is 0 Å². The smallest absolute Gasteiger partial charge is 0.228 e. The fourth-order valence-electron chi connectivity index (χ4n) is 2.06. The molecule has 0 saturated carbocycles. The Hall–Kier alpha value is -2.16. The van der Waals surface area contributed by atoms with E-state index in [0.29, 0.717) is 12.1 Å². The zero-order chi connectivity index (χ0) is 14.7. The predicted octanol–water partition coefficient (Wildman–Crippen LogP) is 3.93. The predicted molar refractivity (Wildman–Crippen MR) is 79.4 cm³/mol. The zero-order valence-electron chi connectivity index (χ0n) is 12.0. The topological polar surface area (TPSA) is 29.1 Å². The number of benzene rings is 2. The standard InChI is InChI=1S/C17H18FNO/c1-11-4-5-14(8-12(11)2)10-17(20)19-16-7-6-15(18)9-13(16)3/h4-9H,10H2,1-3H3,(H,19,20). The molecule has 0 spiro atoms. The lowest BCUT2D eigenvalue weighted by Crippen LogP contribution is -2.15. The van der Waals surface area contributed by atoms with Crippen LogP contribution in [0.3, 0.4) is 0 Å². The maximum atomic E-state index is 13.0. The van der Waals surface area contributed by atoms with Gasteiger partial charge in [0.05, 0.1) is 6.42 Å². The molecule has 1 amide bonds. The molecule has 104 valence electrons. The van der Waals surface area contributed by atoms with Crippen LogP contribution in [-0.4, -0.2) is 5.91 Å². The molecule has 2 nitrogen and oxygen atoms in total. The van der Waals surface area contributed by atoms with Gasteiger partial charge in [-0.15, -0.1) is 0 Å². The number of nitrogens with one attached hydrogen (secondary N) is 1. The fraction of sp³-hybridized carbons (Fsp3) is 0.235. The summed E-state index contributed by atoms with van der Waals surface area (Å²) in [5, 5.41) is 2.81. The zero-order valence-corrected chi connectivity index (χ0v) is 12.0. The van der Waals surface area contributed by atoms with Crippen LogP contribution in [-0.2, 0) is 11.2 Å². The van der Waals surface area contributed by atoms with E-state index in [0.717, 1.165) is 11.1 Å². The van der Waals surface area contributed by atoms with Crippen LogP contribution in [0.25, 0.3) is 0 Å². The van der Waals surface area contributed by atoms with E-state index in [2.05, 4.69) is 5.32 Å². The SMILES string of the molecule is Cc1ccc(CC(=O)Nc2ccc(F)cc2C)cc1C. The van der Waals surface area contributed by atoms with E-state index in [1.165, 1.54) is 23.3 Å². The maximum absolute atomic E-state index is 13.0. The second-order valence-electron chi connectivity index (χ2n) is 5.10. The Labute approximate surface area is 118 Å². The molecule has 20 heavy (non-hydrogen) atoms. The molecule has 0 bridgehead atoms. The molecule has 0 unspecified atom stereocenters. The molecule has 1 N–H and O–H groups in total. The monoisotopic (exact) mass is 271 g/mol. The second-order valence-corrected chi connectivity index (χ2v) is 5.10. The Balaban J connectivity index is 2.07. The van der Waals surface area contributed by atoms with Gasteiger partial charge >= 0.3 is 0 Å². The average Bonchev–Trinajstić information content (AvgIpc) is 2.37. The largest absolute Gasteiger partial charge is 0.326 e. The first-order chi connectivity index (χ1) is 9.45. The van der Waals surface area contributed by atoms with E-state index < -0.39 is 0 Å². The van der Waals surface area contributed by atoms with Gasteiger partial charge in [0.25, 0.3) is 0 Å². The Morgan fingerprint density at radius 1 is 1.00 bits per heavy atom. The fourth-order valence-corrected chi connectivity index (χ4v) is 2.06. The first-order valence-corrected chi connectivity index (χ1v) is 6.58. The van der Waals surface area contributed by atoms with Crippen LogP contribution in [0.15, 0.2) is 36.4 Å². The summed E-state index contributed by atoms with van der Waals surface area (Å²) in [6.45, 7) is 5.84. The molecule has 0 radical (unpaired) electrons. The highest BCUT2D eigenvalue weighted by molar-refractivity contribution is 5.92. The Kier molecular flexibility index (Phi) is 4.18. The van der Waals surface area contributed by atoms with E-state index in [1.807, 2.05) is 32.0 Å². The van der Waals surface area contributed by atoms with Gasteiger partial charge in [-0.05, 0) is 61.2 Å². The van der Waals surface area contributed by atoms with Crippen LogP contribution in [0.1, 0.15) is 22.3 Å². The minimum absolute atomic E-state index is 0.0945. The molecule has 0 aliphatic rings. The van der Waals surface area contributed by atoms with Crippen molar-refractivity contribution in [1.82, 2.24) is 0 Å². The number of halogens is 1. The van der Waals surface area contributed by atoms with Gasteiger partial charge < -0.3 is 5.32 Å². The van der Waals surface area contributed by atoms with Gasteiger partial charge in [0, 0.05) is 5.69 Å². The Morgan fingerprint density at radius 2 is 1.75 bits per heavy atom. The third kappa shape index (κ3) is 3.44. The van der Waals surface area contributed by atoms with E-state index >= 15 is 0 Å². The molecule has 0 aliphatic heterocycles. The van der Waals surface area contributed by atoms with Gasteiger partial charge in [-0.25, -0.2) is 4.39 Å². The number of carbonyl (C=O) groups excluding carboxylic acids is 1. The maximum Gasteiger partial charge on any atom is 0.228 e. The summed E-state index contributed by atoms with van der Waals surface area (Å²) >= 11 is 0. The Bertz CT molecular complexity index is 649. The Morgan fingerprint density at radius 3 is 2.40 bits per heavy atom. The molecule has 0 aromatic heterocycles. The van der Waals surface area contributed by atoms with Crippen molar-refractivity contribution in [3.63, 3.8) is 0 Å². The normalized spacial score (nSPS) is 10.4. The van der Waals surface area contributed by atoms with Crippen LogP contribution in [0, 0.1) is 26.6 Å². The first kappa shape index (κ1) is 14.3. The van der Waals surface area contributed by atoms with Gasteiger partial charge in [-0.3, -0.25) is 4.79 Å². The second kappa shape index (κ2) is 5.87. The van der Waals surface area contributed by atoms with E-state index in [4.69, 9.17) is 0 Å². The van der Waals surface area contributed by atoms with E-state index in [-0.39, 0.29) is 11.7 Å². The molecular formula is C17H18FNO. The quantitative estimate of drug-likeness (QED) is 0.900. The third-order valence-electron chi connectivity index (χ3n) is 3.40. The van der Waals surface area contributed by atoms with Crippen molar-refractivity contribution in [1.29, 1.82) is 0 Å². The summed E-state index contributed by atoms with van der Waals surface area (Å²) < 4.78 is 13.0. The van der Waals surface area contributed by atoms with Crippen molar-refractivity contribution >= 4 is 11.6 Å². The summed E-state index contributed by atoms with van der Waals surface area (Å²) in [6.07, 6.45) is 0.317. The van der Waals surface area contributed by atoms with Gasteiger partial charge in [0.15, 0.2) is 0 Å². The molecule has 0 saturated heterocycles. The highest BCUT2D eigenvalue weighted by Crippen LogP contribution is 2.16. The van der Waals surface area contributed by atoms with Crippen LogP contribution >= 0.6 is 0 Å². The lowest BCUT2D eigenvalue weighted by molar-refractivity contribution is -0.115. The van der Waals surface area contributed by atoms with Crippen LogP contribution in [0.4, 0.5) is 10.1 Å². The molecule has 0 aliphatic carbocycles. The highest BCUT2D eigenvalue weighted by Gasteiger charge is 2.07. The molecular weight excluding hydrogens is 253 g/mol. The van der Waals surface area contributed by atoms with Gasteiger partial charge in [-0.2, -0.15) is 0 Å². The van der Waals surface area contributed by atoms with Gasteiger partial charge in [0.1, 0.15) is 5.82 Å². The van der Waals surface area contributed by atoms with Gasteiger partial charge in [0.2, 0.25) is 5.91 Å². The van der Waals surface area contributed by atoms with Crippen LogP contribution < -0.4 is 5.32 Å². The number of amides is 1. The summed E-state index contributed by atoms with van der Waals surface area (Å²) in [5.74, 6) is -0.391. The number of anilines is 1. The average molecular weight is 271 g/mol. The lowest BCUT2D eigenvalue weighted by Gasteiger charge is -2.09. The van der Waals surface area contributed by atoms with Crippen molar-refractivity contribution in [2.24, 2.45) is 0 Å². The molecule has 2 rings (SSSR count). The van der Waals surface area contributed by atoms with Crippen molar-refractivity contribution < 1.29 is 9.18 Å². The summed E-state index contributed by atoms with van der Waals surface area (Å²) in [4.78, 5) is 12.0.